The van der Waals surface area contributed by atoms with Crippen molar-refractivity contribution in [3.8, 4) is 0 Å². The molecule has 2 heterocycles. The number of pyridine rings is 1. The molecule has 116 valence electrons. The predicted molar refractivity (Wildman–Crippen MR) is 90.2 cm³/mol. The van der Waals surface area contributed by atoms with E-state index < -0.39 is 0 Å². The zero-order valence-corrected chi connectivity index (χ0v) is 13.2. The number of fused-ring (bicyclic) bond motifs is 1. The number of hydrogen-bond donors (Lipinski definition) is 0. The Hall–Kier alpha value is -2.95. The van der Waals surface area contributed by atoms with Crippen LogP contribution < -0.4 is 0 Å². The number of nitrogens with zero attached hydrogens (tertiary/aromatic N) is 4. The lowest BCUT2D eigenvalue weighted by molar-refractivity contribution is 0.104. The summed E-state index contributed by atoms with van der Waals surface area (Å²) >= 11 is 0. The van der Waals surface area contributed by atoms with Crippen molar-refractivity contribution in [1.82, 2.24) is 19.7 Å². The van der Waals surface area contributed by atoms with Gasteiger partial charge in [0.1, 0.15) is 5.69 Å². The lowest BCUT2D eigenvalue weighted by Gasteiger charge is -2.02. The largest absolute Gasteiger partial charge is 0.383 e. The third kappa shape index (κ3) is 3.29. The minimum atomic E-state index is -0.0974. The lowest BCUT2D eigenvalue weighted by atomic mass is 10.1. The average Bonchev–Trinajstić information content (AvgIpc) is 2.92. The van der Waals surface area contributed by atoms with Crippen molar-refractivity contribution >= 4 is 16.7 Å². The van der Waals surface area contributed by atoms with E-state index in [1.807, 2.05) is 66.3 Å². The number of carbonyl (C=O) groups is 1. The molecule has 3 rings (SSSR count). The van der Waals surface area contributed by atoms with Gasteiger partial charge >= 0.3 is 0 Å². The van der Waals surface area contributed by atoms with Crippen molar-refractivity contribution in [2.24, 2.45) is 0 Å². The first-order valence-corrected chi connectivity index (χ1v) is 7.38. The number of ketones is 1. The summed E-state index contributed by atoms with van der Waals surface area (Å²) in [7, 11) is 3.76. The van der Waals surface area contributed by atoms with Gasteiger partial charge in [0, 0.05) is 44.2 Å². The third-order valence-electron chi connectivity index (χ3n) is 3.47. The maximum atomic E-state index is 12.4. The molecule has 3 aromatic rings. The highest BCUT2D eigenvalue weighted by Gasteiger charge is 2.15. The Balaban J connectivity index is 2.02. The zero-order valence-electron chi connectivity index (χ0n) is 13.2. The number of hydrogen-bond acceptors (Lipinski definition) is 4. The summed E-state index contributed by atoms with van der Waals surface area (Å²) in [6.45, 7) is 0.582. The zero-order chi connectivity index (χ0) is 16.2. The monoisotopic (exact) mass is 306 g/mol. The summed E-state index contributed by atoms with van der Waals surface area (Å²) in [6.07, 6.45) is 6.83. The molecular formula is C18H18N4O. The van der Waals surface area contributed by atoms with Crippen LogP contribution in [0.25, 0.3) is 10.9 Å². The van der Waals surface area contributed by atoms with E-state index in [0.717, 1.165) is 16.5 Å². The fourth-order valence-electron chi connectivity index (χ4n) is 2.39. The van der Waals surface area contributed by atoms with Gasteiger partial charge in [-0.15, -0.1) is 0 Å². The molecule has 0 unspecified atom stereocenters. The van der Waals surface area contributed by atoms with E-state index in [1.54, 1.807) is 18.5 Å². The van der Waals surface area contributed by atoms with Crippen LogP contribution in [0.5, 0.6) is 0 Å². The van der Waals surface area contributed by atoms with Crippen LogP contribution in [0.15, 0.2) is 61.1 Å². The number of rotatable bonds is 5. The van der Waals surface area contributed by atoms with E-state index in [-0.39, 0.29) is 5.78 Å². The van der Waals surface area contributed by atoms with E-state index in [9.17, 15) is 4.79 Å². The maximum absolute atomic E-state index is 12.4. The molecule has 0 aliphatic heterocycles. The van der Waals surface area contributed by atoms with Crippen LogP contribution in [-0.2, 0) is 6.54 Å². The predicted octanol–water partition coefficient (Wildman–Crippen LogP) is 2.74. The molecule has 5 heteroatoms. The van der Waals surface area contributed by atoms with Crippen molar-refractivity contribution in [2.75, 3.05) is 14.1 Å². The Kier molecular flexibility index (Phi) is 4.19. The van der Waals surface area contributed by atoms with Crippen molar-refractivity contribution in [3.05, 3.63) is 72.3 Å². The molecule has 5 nitrogen and oxygen atoms in total. The van der Waals surface area contributed by atoms with Crippen LogP contribution in [0.3, 0.4) is 0 Å². The van der Waals surface area contributed by atoms with Crippen molar-refractivity contribution in [3.63, 3.8) is 0 Å². The molecule has 0 radical (unpaired) electrons. The summed E-state index contributed by atoms with van der Waals surface area (Å²) in [4.78, 5) is 18.4. The quantitative estimate of drug-likeness (QED) is 0.537. The molecule has 0 atom stereocenters. The van der Waals surface area contributed by atoms with Gasteiger partial charge in [0.15, 0.2) is 0 Å². The van der Waals surface area contributed by atoms with Crippen LogP contribution in [-0.4, -0.2) is 39.5 Å². The summed E-state index contributed by atoms with van der Waals surface area (Å²) in [5.74, 6) is -0.0974. The van der Waals surface area contributed by atoms with Crippen molar-refractivity contribution < 1.29 is 4.79 Å². The fourth-order valence-corrected chi connectivity index (χ4v) is 2.39. The minimum Gasteiger partial charge on any atom is -0.383 e. The highest BCUT2D eigenvalue weighted by Crippen LogP contribution is 2.20. The molecule has 2 aromatic heterocycles. The summed E-state index contributed by atoms with van der Waals surface area (Å²) in [5, 5.41) is 5.40. The van der Waals surface area contributed by atoms with E-state index in [4.69, 9.17) is 0 Å². The van der Waals surface area contributed by atoms with Gasteiger partial charge in [-0.25, -0.2) is 0 Å². The Morgan fingerprint density at radius 2 is 2.04 bits per heavy atom. The highest BCUT2D eigenvalue weighted by atomic mass is 16.1. The second-order valence-corrected chi connectivity index (χ2v) is 5.53. The Bertz CT molecular complexity index is 850. The summed E-state index contributed by atoms with van der Waals surface area (Å²) in [6, 6.07) is 11.7. The number of carbonyl (C=O) groups excluding carboxylic acids is 1. The van der Waals surface area contributed by atoms with Crippen molar-refractivity contribution in [2.45, 2.75) is 6.54 Å². The molecule has 0 amide bonds. The first-order valence-electron chi connectivity index (χ1n) is 7.38. The van der Waals surface area contributed by atoms with E-state index in [0.29, 0.717) is 12.2 Å². The van der Waals surface area contributed by atoms with Gasteiger partial charge in [0.2, 0.25) is 5.78 Å². The average molecular weight is 306 g/mol. The molecule has 23 heavy (non-hydrogen) atoms. The van der Waals surface area contributed by atoms with Crippen molar-refractivity contribution in [1.29, 1.82) is 0 Å². The van der Waals surface area contributed by atoms with Gasteiger partial charge < -0.3 is 4.90 Å². The molecule has 0 aliphatic rings. The molecular weight excluding hydrogens is 288 g/mol. The third-order valence-corrected chi connectivity index (χ3v) is 3.47. The molecule has 0 fully saturated rings. The number of aromatic nitrogens is 3. The van der Waals surface area contributed by atoms with E-state index in [2.05, 4.69) is 10.1 Å². The van der Waals surface area contributed by atoms with Gasteiger partial charge in [-0.2, -0.15) is 5.10 Å². The second kappa shape index (κ2) is 6.44. The van der Waals surface area contributed by atoms with Gasteiger partial charge in [-0.05, 0) is 17.7 Å². The SMILES string of the molecule is CN(C)/C=C/C(=O)c1nn(Cc2cccnc2)c2ccccc12. The maximum Gasteiger partial charge on any atom is 0.208 e. The molecule has 0 saturated carbocycles. The molecule has 0 spiro atoms. The topological polar surface area (TPSA) is 51.0 Å². The Morgan fingerprint density at radius 3 is 2.78 bits per heavy atom. The second-order valence-electron chi connectivity index (χ2n) is 5.53. The Labute approximate surface area is 134 Å². The van der Waals surface area contributed by atoms with E-state index in [1.165, 1.54) is 0 Å². The molecule has 0 aliphatic carbocycles. The molecule has 0 saturated heterocycles. The normalized spacial score (nSPS) is 11.2. The van der Waals surface area contributed by atoms with Crippen LogP contribution in [0, 0.1) is 0 Å². The van der Waals surface area contributed by atoms with Crippen LogP contribution in [0.4, 0.5) is 0 Å². The molecule has 0 N–H and O–H groups in total. The minimum absolute atomic E-state index is 0.0974. The first kappa shape index (κ1) is 15.0. The smallest absolute Gasteiger partial charge is 0.208 e. The summed E-state index contributed by atoms with van der Waals surface area (Å²) in [5.41, 5.74) is 2.46. The van der Waals surface area contributed by atoms with Crippen LogP contribution in [0.1, 0.15) is 16.1 Å². The summed E-state index contributed by atoms with van der Waals surface area (Å²) < 4.78 is 1.85. The fraction of sp³-hybridized carbons (Fsp3) is 0.167. The Morgan fingerprint density at radius 1 is 1.22 bits per heavy atom. The van der Waals surface area contributed by atoms with Crippen LogP contribution in [0.2, 0.25) is 0 Å². The van der Waals surface area contributed by atoms with Gasteiger partial charge in [-0.3, -0.25) is 14.5 Å². The molecule has 0 bridgehead atoms. The van der Waals surface area contributed by atoms with Gasteiger partial charge in [0.25, 0.3) is 0 Å². The lowest BCUT2D eigenvalue weighted by Crippen LogP contribution is -2.06. The molecule has 1 aromatic carbocycles. The first-order chi connectivity index (χ1) is 11.1. The number of benzene rings is 1. The number of para-hydroxylation sites is 1. The van der Waals surface area contributed by atoms with Crippen LogP contribution >= 0.6 is 0 Å². The number of allylic oxidation sites excluding steroid dienone is 1. The van der Waals surface area contributed by atoms with Gasteiger partial charge in [-0.1, -0.05) is 24.3 Å². The van der Waals surface area contributed by atoms with Gasteiger partial charge in [0.05, 0.1) is 12.1 Å². The standard InChI is InChI=1S/C18H18N4O/c1-21(2)11-9-17(23)18-15-7-3-4-8-16(15)22(20-18)13-14-6-5-10-19-12-14/h3-12H,13H2,1-2H3/b11-9+. The highest BCUT2D eigenvalue weighted by molar-refractivity contribution is 6.11. The van der Waals surface area contributed by atoms with E-state index >= 15 is 0 Å².